The molecule has 1 heterocycles. The number of hydrogen-bond acceptors (Lipinski definition) is 3. The van der Waals surface area contributed by atoms with Gasteiger partial charge in [0.1, 0.15) is 5.82 Å². The molecular weight excluding hydrogens is 351 g/mol. The maximum absolute atomic E-state index is 13.4. The fourth-order valence-electron chi connectivity index (χ4n) is 3.12. The van der Waals surface area contributed by atoms with Crippen molar-refractivity contribution in [1.29, 1.82) is 0 Å². The predicted molar refractivity (Wildman–Crippen MR) is 96.6 cm³/mol. The number of nitrogens with zero attached hydrogens (tertiary/aromatic N) is 1. The topological polar surface area (TPSA) is 86.7 Å². The zero-order chi connectivity index (χ0) is 19.6. The molecule has 2 aromatic carbocycles. The Labute approximate surface area is 155 Å². The van der Waals surface area contributed by atoms with Crippen LogP contribution in [-0.2, 0) is 14.4 Å². The number of carbonyl (C=O) groups excluding carboxylic acids is 2. The average Bonchev–Trinajstić information content (AvgIpc) is 3.04. The van der Waals surface area contributed by atoms with Crippen LogP contribution in [0.5, 0.6) is 0 Å². The lowest BCUT2D eigenvalue weighted by Crippen LogP contribution is -2.38. The minimum absolute atomic E-state index is 0.0244. The SMILES string of the molecule is Cc1cc(N2CC(C(=O)NC(C(=O)O)c3ccccc3)CC2=O)ccc1F. The molecule has 0 aliphatic carbocycles. The Morgan fingerprint density at radius 1 is 1.22 bits per heavy atom. The second kappa shape index (κ2) is 7.57. The van der Waals surface area contributed by atoms with E-state index in [1.807, 2.05) is 0 Å². The molecule has 1 saturated heterocycles. The van der Waals surface area contributed by atoms with Crippen LogP contribution in [0.3, 0.4) is 0 Å². The number of anilines is 1. The van der Waals surface area contributed by atoms with Crippen LogP contribution in [0.4, 0.5) is 10.1 Å². The highest BCUT2D eigenvalue weighted by molar-refractivity contribution is 6.00. The fraction of sp³-hybridized carbons (Fsp3) is 0.250. The Kier molecular flexibility index (Phi) is 5.21. The molecular formula is C20H19FN2O4. The average molecular weight is 370 g/mol. The van der Waals surface area contributed by atoms with Gasteiger partial charge in [-0.25, -0.2) is 9.18 Å². The number of rotatable bonds is 5. The van der Waals surface area contributed by atoms with Crippen molar-refractivity contribution in [2.24, 2.45) is 5.92 Å². The summed E-state index contributed by atoms with van der Waals surface area (Å²) in [4.78, 5) is 37.8. The Hall–Kier alpha value is -3.22. The number of nitrogens with one attached hydrogen (secondary N) is 1. The molecule has 1 fully saturated rings. The zero-order valence-electron chi connectivity index (χ0n) is 14.7. The summed E-state index contributed by atoms with van der Waals surface area (Å²) in [7, 11) is 0. The number of aryl methyl sites for hydroxylation is 1. The summed E-state index contributed by atoms with van der Waals surface area (Å²) in [6, 6.07) is 11.5. The van der Waals surface area contributed by atoms with Crippen LogP contribution in [0.2, 0.25) is 0 Å². The first kappa shape index (κ1) is 18.6. The largest absolute Gasteiger partial charge is 0.479 e. The molecule has 2 aromatic rings. The second-order valence-corrected chi connectivity index (χ2v) is 6.53. The summed E-state index contributed by atoms with van der Waals surface area (Å²) in [5, 5.41) is 11.9. The van der Waals surface area contributed by atoms with Crippen LogP contribution in [0.15, 0.2) is 48.5 Å². The molecule has 1 aliphatic heterocycles. The van der Waals surface area contributed by atoms with E-state index in [2.05, 4.69) is 5.32 Å². The number of benzene rings is 2. The van der Waals surface area contributed by atoms with E-state index in [0.717, 1.165) is 0 Å². The summed E-state index contributed by atoms with van der Waals surface area (Å²) in [6.45, 7) is 1.72. The minimum Gasteiger partial charge on any atom is -0.479 e. The highest BCUT2D eigenvalue weighted by atomic mass is 19.1. The first-order chi connectivity index (χ1) is 12.9. The van der Waals surface area contributed by atoms with Crippen molar-refractivity contribution >= 4 is 23.5 Å². The molecule has 0 saturated carbocycles. The molecule has 3 rings (SSSR count). The van der Waals surface area contributed by atoms with Gasteiger partial charge in [-0.05, 0) is 36.2 Å². The van der Waals surface area contributed by atoms with Crippen LogP contribution in [-0.4, -0.2) is 29.4 Å². The van der Waals surface area contributed by atoms with Crippen LogP contribution in [0, 0.1) is 18.7 Å². The van der Waals surface area contributed by atoms with Crippen molar-refractivity contribution in [2.75, 3.05) is 11.4 Å². The molecule has 2 unspecified atom stereocenters. The van der Waals surface area contributed by atoms with Gasteiger partial charge in [-0.3, -0.25) is 9.59 Å². The van der Waals surface area contributed by atoms with Crippen LogP contribution in [0.1, 0.15) is 23.6 Å². The summed E-state index contributed by atoms with van der Waals surface area (Å²) in [5.74, 6) is -2.97. The monoisotopic (exact) mass is 370 g/mol. The molecule has 0 radical (unpaired) electrons. The molecule has 2 atom stereocenters. The van der Waals surface area contributed by atoms with Gasteiger partial charge >= 0.3 is 5.97 Å². The lowest BCUT2D eigenvalue weighted by molar-refractivity contribution is -0.142. The highest BCUT2D eigenvalue weighted by Crippen LogP contribution is 2.27. The zero-order valence-corrected chi connectivity index (χ0v) is 14.7. The van der Waals surface area contributed by atoms with E-state index in [4.69, 9.17) is 0 Å². The van der Waals surface area contributed by atoms with Gasteiger partial charge in [0.2, 0.25) is 11.8 Å². The van der Waals surface area contributed by atoms with E-state index in [-0.39, 0.29) is 24.7 Å². The molecule has 6 nitrogen and oxygen atoms in total. The third-order valence-corrected chi connectivity index (χ3v) is 4.62. The van der Waals surface area contributed by atoms with Gasteiger partial charge in [0.25, 0.3) is 0 Å². The van der Waals surface area contributed by atoms with Gasteiger partial charge in [-0.1, -0.05) is 30.3 Å². The molecule has 140 valence electrons. The van der Waals surface area contributed by atoms with E-state index >= 15 is 0 Å². The van der Waals surface area contributed by atoms with E-state index in [0.29, 0.717) is 16.8 Å². The quantitative estimate of drug-likeness (QED) is 0.846. The van der Waals surface area contributed by atoms with Crippen molar-refractivity contribution in [3.05, 3.63) is 65.5 Å². The first-order valence-corrected chi connectivity index (χ1v) is 8.51. The minimum atomic E-state index is -1.18. The standard InChI is InChI=1S/C20H19FN2O4/c1-12-9-15(7-8-16(12)21)23-11-14(10-17(23)24)19(25)22-18(20(26)27)13-5-3-2-4-6-13/h2-9,14,18H,10-11H2,1H3,(H,22,25)(H,26,27). The fourth-order valence-corrected chi connectivity index (χ4v) is 3.12. The van der Waals surface area contributed by atoms with Crippen LogP contribution < -0.4 is 10.2 Å². The molecule has 7 heteroatoms. The molecule has 0 spiro atoms. The Bertz CT molecular complexity index is 885. The van der Waals surface area contributed by atoms with E-state index in [9.17, 15) is 23.9 Å². The normalized spacial score (nSPS) is 17.6. The maximum Gasteiger partial charge on any atom is 0.330 e. The number of carboxylic acids is 1. The second-order valence-electron chi connectivity index (χ2n) is 6.53. The van der Waals surface area contributed by atoms with Crippen LogP contribution in [0.25, 0.3) is 0 Å². The highest BCUT2D eigenvalue weighted by Gasteiger charge is 2.37. The third-order valence-electron chi connectivity index (χ3n) is 4.62. The first-order valence-electron chi connectivity index (χ1n) is 8.51. The lowest BCUT2D eigenvalue weighted by Gasteiger charge is -2.19. The predicted octanol–water partition coefficient (Wildman–Crippen LogP) is 2.43. The maximum atomic E-state index is 13.4. The molecule has 1 aliphatic rings. The number of carbonyl (C=O) groups is 3. The Morgan fingerprint density at radius 2 is 1.93 bits per heavy atom. The third kappa shape index (κ3) is 3.97. The van der Waals surface area contributed by atoms with Crippen molar-refractivity contribution in [1.82, 2.24) is 5.32 Å². The van der Waals surface area contributed by atoms with E-state index in [1.54, 1.807) is 43.3 Å². The molecule has 2 amide bonds. The van der Waals surface area contributed by atoms with Gasteiger partial charge < -0.3 is 15.3 Å². The van der Waals surface area contributed by atoms with Gasteiger partial charge in [0.05, 0.1) is 5.92 Å². The number of hydrogen-bond donors (Lipinski definition) is 2. The smallest absolute Gasteiger partial charge is 0.330 e. The van der Waals surface area contributed by atoms with Gasteiger partial charge in [0.15, 0.2) is 6.04 Å². The van der Waals surface area contributed by atoms with Gasteiger partial charge in [-0.2, -0.15) is 0 Å². The lowest BCUT2D eigenvalue weighted by atomic mass is 10.0. The Balaban J connectivity index is 1.73. The van der Waals surface area contributed by atoms with Crippen molar-refractivity contribution < 1.29 is 23.9 Å². The summed E-state index contributed by atoms with van der Waals surface area (Å²) >= 11 is 0. The molecule has 0 bridgehead atoms. The Morgan fingerprint density at radius 3 is 2.56 bits per heavy atom. The summed E-state index contributed by atoms with van der Waals surface area (Å²) in [6.07, 6.45) is -0.0244. The van der Waals surface area contributed by atoms with E-state index in [1.165, 1.54) is 17.0 Å². The summed E-state index contributed by atoms with van der Waals surface area (Å²) in [5.41, 5.74) is 1.38. The molecule has 27 heavy (non-hydrogen) atoms. The van der Waals surface area contributed by atoms with Gasteiger partial charge in [-0.15, -0.1) is 0 Å². The van der Waals surface area contributed by atoms with E-state index < -0.39 is 23.8 Å². The number of amides is 2. The van der Waals surface area contributed by atoms with Crippen molar-refractivity contribution in [3.8, 4) is 0 Å². The number of aliphatic carboxylic acids is 1. The summed E-state index contributed by atoms with van der Waals surface area (Å²) < 4.78 is 13.4. The number of halogens is 1. The molecule has 0 aromatic heterocycles. The van der Waals surface area contributed by atoms with Gasteiger partial charge in [0, 0.05) is 18.7 Å². The van der Waals surface area contributed by atoms with Crippen molar-refractivity contribution in [3.63, 3.8) is 0 Å². The molecule has 2 N–H and O–H groups in total. The van der Waals surface area contributed by atoms with Crippen LogP contribution >= 0.6 is 0 Å². The van der Waals surface area contributed by atoms with Crippen molar-refractivity contribution in [2.45, 2.75) is 19.4 Å². The number of carboxylic acid groups (broad SMARTS) is 1.